The quantitative estimate of drug-likeness (QED) is 0.647. The molecule has 9 heteroatoms. The number of hydrogen-bond acceptors (Lipinski definition) is 3. The highest BCUT2D eigenvalue weighted by molar-refractivity contribution is 9.10. The molecule has 6 nitrogen and oxygen atoms in total. The van der Waals surface area contributed by atoms with Crippen LogP contribution in [0.2, 0.25) is 5.02 Å². The van der Waals surface area contributed by atoms with E-state index in [4.69, 9.17) is 11.6 Å². The number of nitrogens with one attached hydrogen (secondary N) is 1. The Bertz CT molecular complexity index is 915. The molecule has 0 aliphatic carbocycles. The first-order valence-electron chi connectivity index (χ1n) is 7.83. The van der Waals surface area contributed by atoms with Crippen LogP contribution in [0, 0.1) is 12.7 Å². The molecule has 136 valence electrons. The standard InChI is InChI=1S/C17H16BrClFN5O/c1-10-13(18)9-25(22-10)11(2)17(26)21-16-6-7-24(23-16)8-12-14(19)4-3-5-15(12)20/h3-7,9,11H,8H2,1-2H3,(H,21,23,26). The molecule has 26 heavy (non-hydrogen) atoms. The fraction of sp³-hybridized carbons (Fsp3) is 0.235. The summed E-state index contributed by atoms with van der Waals surface area (Å²) in [7, 11) is 0. The van der Waals surface area contributed by atoms with Crippen LogP contribution < -0.4 is 5.32 Å². The van der Waals surface area contributed by atoms with Gasteiger partial charge in [-0.05, 0) is 41.9 Å². The van der Waals surface area contributed by atoms with E-state index in [-0.39, 0.29) is 12.5 Å². The van der Waals surface area contributed by atoms with E-state index in [1.807, 2.05) is 6.92 Å². The van der Waals surface area contributed by atoms with Crippen molar-refractivity contribution in [1.82, 2.24) is 19.6 Å². The minimum absolute atomic E-state index is 0.169. The van der Waals surface area contributed by atoms with E-state index in [0.29, 0.717) is 16.4 Å². The summed E-state index contributed by atoms with van der Waals surface area (Å²) >= 11 is 9.40. The number of aromatic nitrogens is 4. The predicted molar refractivity (Wildman–Crippen MR) is 101 cm³/mol. The molecular formula is C17H16BrClFN5O. The summed E-state index contributed by atoms with van der Waals surface area (Å²) in [6, 6.07) is 5.65. The zero-order valence-corrected chi connectivity index (χ0v) is 16.4. The fourth-order valence-corrected chi connectivity index (χ4v) is 2.88. The summed E-state index contributed by atoms with van der Waals surface area (Å²) in [6.45, 7) is 3.76. The molecule has 0 radical (unpaired) electrons. The Hall–Kier alpha value is -2.19. The van der Waals surface area contributed by atoms with Gasteiger partial charge in [0.1, 0.15) is 11.9 Å². The van der Waals surface area contributed by atoms with Gasteiger partial charge in [-0.25, -0.2) is 4.39 Å². The van der Waals surface area contributed by atoms with E-state index in [0.717, 1.165) is 10.2 Å². The summed E-state index contributed by atoms with van der Waals surface area (Å²) in [5, 5.41) is 11.6. The van der Waals surface area contributed by atoms with E-state index >= 15 is 0 Å². The van der Waals surface area contributed by atoms with Crippen LogP contribution in [0.25, 0.3) is 0 Å². The summed E-state index contributed by atoms with van der Waals surface area (Å²) in [6.07, 6.45) is 3.40. The largest absolute Gasteiger partial charge is 0.307 e. The molecule has 0 spiro atoms. The van der Waals surface area contributed by atoms with Gasteiger partial charge in [-0.15, -0.1) is 0 Å². The van der Waals surface area contributed by atoms with Gasteiger partial charge >= 0.3 is 0 Å². The van der Waals surface area contributed by atoms with Gasteiger partial charge in [-0.3, -0.25) is 14.2 Å². The molecule has 2 aromatic heterocycles. The van der Waals surface area contributed by atoms with Crippen molar-refractivity contribution in [3.63, 3.8) is 0 Å². The number of amides is 1. The summed E-state index contributed by atoms with van der Waals surface area (Å²) < 4.78 is 17.8. The van der Waals surface area contributed by atoms with Gasteiger partial charge in [-0.2, -0.15) is 10.2 Å². The zero-order chi connectivity index (χ0) is 18.8. The average Bonchev–Trinajstić information content (AvgIpc) is 3.17. The van der Waals surface area contributed by atoms with E-state index in [1.165, 1.54) is 10.7 Å². The lowest BCUT2D eigenvalue weighted by atomic mass is 10.2. The van der Waals surface area contributed by atoms with Crippen LogP contribution in [0.15, 0.2) is 41.1 Å². The molecule has 0 aliphatic rings. The van der Waals surface area contributed by atoms with Crippen LogP contribution in [-0.2, 0) is 11.3 Å². The topological polar surface area (TPSA) is 64.7 Å². The number of nitrogens with zero attached hydrogens (tertiary/aromatic N) is 4. The van der Waals surface area contributed by atoms with Crippen LogP contribution in [0.3, 0.4) is 0 Å². The maximum Gasteiger partial charge on any atom is 0.250 e. The van der Waals surface area contributed by atoms with Crippen molar-refractivity contribution in [1.29, 1.82) is 0 Å². The molecule has 0 bridgehead atoms. The Morgan fingerprint density at radius 2 is 2.15 bits per heavy atom. The highest BCUT2D eigenvalue weighted by atomic mass is 79.9. The Labute approximate surface area is 163 Å². The molecule has 3 rings (SSSR count). The first-order chi connectivity index (χ1) is 12.3. The second-order valence-electron chi connectivity index (χ2n) is 5.81. The number of halogens is 3. The third kappa shape index (κ3) is 3.96. The maximum absolute atomic E-state index is 13.9. The SMILES string of the molecule is Cc1nn(C(C)C(=O)Nc2ccn(Cc3c(F)cccc3Cl)n2)cc1Br. The lowest BCUT2D eigenvalue weighted by Gasteiger charge is -2.11. The van der Waals surface area contributed by atoms with Gasteiger partial charge in [-0.1, -0.05) is 17.7 Å². The molecule has 1 unspecified atom stereocenters. The predicted octanol–water partition coefficient (Wildman–Crippen LogP) is 4.19. The minimum Gasteiger partial charge on any atom is -0.307 e. The minimum atomic E-state index is -0.508. The van der Waals surface area contributed by atoms with Crippen molar-refractivity contribution in [3.05, 3.63) is 63.2 Å². The molecule has 0 aliphatic heterocycles. The van der Waals surface area contributed by atoms with Crippen LogP contribution in [0.5, 0.6) is 0 Å². The zero-order valence-electron chi connectivity index (χ0n) is 14.1. The Balaban J connectivity index is 1.69. The van der Waals surface area contributed by atoms with Gasteiger partial charge in [0, 0.05) is 29.0 Å². The highest BCUT2D eigenvalue weighted by Gasteiger charge is 2.18. The van der Waals surface area contributed by atoms with Crippen molar-refractivity contribution in [3.8, 4) is 0 Å². The van der Waals surface area contributed by atoms with Crippen molar-refractivity contribution in [2.24, 2.45) is 0 Å². The molecule has 1 amide bonds. The van der Waals surface area contributed by atoms with Crippen LogP contribution >= 0.6 is 27.5 Å². The van der Waals surface area contributed by atoms with Gasteiger partial charge in [0.05, 0.1) is 16.7 Å². The Kier molecular flexibility index (Phi) is 5.43. The highest BCUT2D eigenvalue weighted by Crippen LogP contribution is 2.21. The van der Waals surface area contributed by atoms with Crippen LogP contribution in [-0.4, -0.2) is 25.5 Å². The average molecular weight is 441 g/mol. The molecule has 1 aromatic carbocycles. The smallest absolute Gasteiger partial charge is 0.250 e. The molecule has 2 heterocycles. The van der Waals surface area contributed by atoms with Crippen LogP contribution in [0.1, 0.15) is 24.2 Å². The third-order valence-electron chi connectivity index (χ3n) is 3.91. The maximum atomic E-state index is 13.9. The van der Waals surface area contributed by atoms with Crippen LogP contribution in [0.4, 0.5) is 10.2 Å². The van der Waals surface area contributed by atoms with Gasteiger partial charge in [0.2, 0.25) is 5.91 Å². The van der Waals surface area contributed by atoms with E-state index in [9.17, 15) is 9.18 Å². The van der Waals surface area contributed by atoms with Crippen molar-refractivity contribution < 1.29 is 9.18 Å². The molecule has 0 saturated heterocycles. The molecule has 1 N–H and O–H groups in total. The van der Waals surface area contributed by atoms with E-state index in [1.54, 1.807) is 42.2 Å². The molecule has 0 saturated carbocycles. The lowest BCUT2D eigenvalue weighted by Crippen LogP contribution is -2.24. The summed E-state index contributed by atoms with van der Waals surface area (Å²) in [4.78, 5) is 12.4. The van der Waals surface area contributed by atoms with Gasteiger partial charge in [0.15, 0.2) is 5.82 Å². The fourth-order valence-electron chi connectivity index (χ4n) is 2.37. The van der Waals surface area contributed by atoms with Crippen molar-refractivity contribution in [2.45, 2.75) is 26.4 Å². The summed E-state index contributed by atoms with van der Waals surface area (Å²) in [5.74, 6) is -0.279. The molecular weight excluding hydrogens is 425 g/mol. The second-order valence-corrected chi connectivity index (χ2v) is 7.07. The number of anilines is 1. The van der Waals surface area contributed by atoms with Gasteiger partial charge in [0.25, 0.3) is 0 Å². The lowest BCUT2D eigenvalue weighted by molar-refractivity contribution is -0.119. The second kappa shape index (κ2) is 7.59. The number of benzene rings is 1. The number of carbonyl (C=O) groups excluding carboxylic acids is 1. The number of rotatable bonds is 5. The first-order valence-corrected chi connectivity index (χ1v) is 9.00. The Morgan fingerprint density at radius 1 is 1.38 bits per heavy atom. The summed E-state index contributed by atoms with van der Waals surface area (Å²) in [5.41, 5.74) is 1.15. The number of carbonyl (C=O) groups is 1. The third-order valence-corrected chi connectivity index (χ3v) is 5.04. The Morgan fingerprint density at radius 3 is 2.81 bits per heavy atom. The van der Waals surface area contributed by atoms with E-state index < -0.39 is 11.9 Å². The first kappa shape index (κ1) is 18.6. The number of aryl methyl sites for hydroxylation is 1. The number of hydrogen-bond donors (Lipinski definition) is 1. The van der Waals surface area contributed by atoms with Crippen molar-refractivity contribution in [2.75, 3.05) is 5.32 Å². The van der Waals surface area contributed by atoms with Gasteiger partial charge < -0.3 is 5.32 Å². The monoisotopic (exact) mass is 439 g/mol. The van der Waals surface area contributed by atoms with E-state index in [2.05, 4.69) is 31.4 Å². The van der Waals surface area contributed by atoms with Crippen molar-refractivity contribution >= 4 is 39.3 Å². The molecule has 1 atom stereocenters. The molecule has 3 aromatic rings. The molecule has 0 fully saturated rings. The normalized spacial score (nSPS) is 12.2.